The van der Waals surface area contributed by atoms with Gasteiger partial charge in [0.05, 0.1) is 16.7 Å². The number of pyridine rings is 2. The lowest BCUT2D eigenvalue weighted by atomic mass is 9.93. The molecule has 0 saturated carbocycles. The number of halogens is 1. The minimum atomic E-state index is -0.256. The second-order valence-corrected chi connectivity index (χ2v) is 11.9. The normalized spacial score (nSPS) is 11.5. The average Bonchev–Trinajstić information content (AvgIpc) is 3.14. The summed E-state index contributed by atoms with van der Waals surface area (Å²) in [4.78, 5) is 9.82. The first-order valence-electron chi connectivity index (χ1n) is 15.8. The predicted octanol–water partition coefficient (Wildman–Crippen LogP) is 11.9. The Kier molecular flexibility index (Phi) is 6.36. The molecule has 2 aromatic heterocycles. The summed E-state index contributed by atoms with van der Waals surface area (Å²) in [7, 11) is 0. The number of benzene rings is 7. The van der Waals surface area contributed by atoms with Crippen LogP contribution in [-0.4, -0.2) is 9.97 Å². The van der Waals surface area contributed by atoms with Crippen molar-refractivity contribution >= 4 is 43.4 Å². The third-order valence-electron chi connectivity index (χ3n) is 9.18. The Morgan fingerprint density at radius 3 is 1.83 bits per heavy atom. The SMILES string of the molecule is Fc1ccc(-c2nc3cc(-c4ccc(-c5ccc(-c6cccc7cccnc67)cc5)cc4)ccc3c3c2ccc2ccccc23)cc1. The molecule has 0 atom stereocenters. The number of rotatable bonds is 4. The lowest BCUT2D eigenvalue weighted by Gasteiger charge is -2.14. The van der Waals surface area contributed by atoms with Crippen LogP contribution in [0.25, 0.3) is 88.0 Å². The summed E-state index contributed by atoms with van der Waals surface area (Å²) >= 11 is 0. The zero-order chi connectivity index (χ0) is 31.3. The number of fused-ring (bicyclic) bond motifs is 6. The monoisotopic (exact) mass is 602 g/mol. The maximum atomic E-state index is 13.9. The highest BCUT2D eigenvalue weighted by molar-refractivity contribution is 6.22. The highest BCUT2D eigenvalue weighted by Crippen LogP contribution is 2.38. The zero-order valence-corrected chi connectivity index (χ0v) is 25.4. The van der Waals surface area contributed by atoms with Gasteiger partial charge in [-0.2, -0.15) is 0 Å². The van der Waals surface area contributed by atoms with E-state index in [9.17, 15) is 4.39 Å². The van der Waals surface area contributed by atoms with E-state index in [-0.39, 0.29) is 5.82 Å². The first-order valence-corrected chi connectivity index (χ1v) is 15.8. The lowest BCUT2D eigenvalue weighted by Crippen LogP contribution is -1.92. The van der Waals surface area contributed by atoms with Crippen molar-refractivity contribution < 1.29 is 4.39 Å². The molecule has 7 aromatic carbocycles. The Bertz CT molecular complexity index is 2600. The van der Waals surface area contributed by atoms with Gasteiger partial charge in [-0.3, -0.25) is 4.98 Å². The van der Waals surface area contributed by atoms with Crippen LogP contribution in [0.2, 0.25) is 0 Å². The van der Waals surface area contributed by atoms with Gasteiger partial charge in [0.1, 0.15) is 5.82 Å². The zero-order valence-electron chi connectivity index (χ0n) is 25.4. The van der Waals surface area contributed by atoms with Crippen LogP contribution >= 0.6 is 0 Å². The van der Waals surface area contributed by atoms with Crippen LogP contribution in [0.15, 0.2) is 164 Å². The van der Waals surface area contributed by atoms with E-state index < -0.39 is 0 Å². The van der Waals surface area contributed by atoms with E-state index in [0.717, 1.165) is 77.2 Å². The van der Waals surface area contributed by atoms with Gasteiger partial charge in [0.2, 0.25) is 0 Å². The molecule has 0 radical (unpaired) electrons. The second-order valence-electron chi connectivity index (χ2n) is 11.9. The van der Waals surface area contributed by atoms with Gasteiger partial charge in [0.15, 0.2) is 0 Å². The Balaban J connectivity index is 1.10. The number of hydrogen-bond donors (Lipinski definition) is 0. The van der Waals surface area contributed by atoms with Crippen molar-refractivity contribution in [3.63, 3.8) is 0 Å². The summed E-state index contributed by atoms with van der Waals surface area (Å²) in [5, 5.41) is 6.82. The minimum Gasteiger partial charge on any atom is -0.256 e. The van der Waals surface area contributed by atoms with Crippen molar-refractivity contribution in [2.24, 2.45) is 0 Å². The fourth-order valence-electron chi connectivity index (χ4n) is 6.82. The van der Waals surface area contributed by atoms with Crippen LogP contribution in [0.4, 0.5) is 4.39 Å². The van der Waals surface area contributed by atoms with E-state index in [1.165, 1.54) is 22.9 Å². The van der Waals surface area contributed by atoms with Gasteiger partial charge in [0, 0.05) is 38.9 Å². The smallest absolute Gasteiger partial charge is 0.123 e. The van der Waals surface area contributed by atoms with Crippen LogP contribution in [-0.2, 0) is 0 Å². The fourth-order valence-corrected chi connectivity index (χ4v) is 6.82. The molecular weight excluding hydrogens is 575 g/mol. The minimum absolute atomic E-state index is 0.256. The van der Waals surface area contributed by atoms with Gasteiger partial charge >= 0.3 is 0 Å². The second kappa shape index (κ2) is 11.0. The molecule has 9 rings (SSSR count). The number of nitrogens with zero attached hydrogens (tertiary/aromatic N) is 2. The van der Waals surface area contributed by atoms with E-state index in [1.54, 1.807) is 0 Å². The third-order valence-corrected chi connectivity index (χ3v) is 9.18. The average molecular weight is 603 g/mol. The first kappa shape index (κ1) is 27.1. The van der Waals surface area contributed by atoms with Crippen LogP contribution < -0.4 is 0 Å². The van der Waals surface area contributed by atoms with Crippen LogP contribution in [0.5, 0.6) is 0 Å². The summed E-state index contributed by atoms with van der Waals surface area (Å²) in [5.41, 5.74) is 10.5. The van der Waals surface area contributed by atoms with E-state index >= 15 is 0 Å². The third kappa shape index (κ3) is 4.72. The van der Waals surface area contributed by atoms with Crippen LogP contribution in [0.3, 0.4) is 0 Å². The molecule has 0 bridgehead atoms. The van der Waals surface area contributed by atoms with Gasteiger partial charge in [0.25, 0.3) is 0 Å². The molecule has 0 fully saturated rings. The topological polar surface area (TPSA) is 25.8 Å². The maximum absolute atomic E-state index is 13.9. The molecule has 220 valence electrons. The van der Waals surface area contributed by atoms with Crippen molar-refractivity contribution in [2.75, 3.05) is 0 Å². The molecule has 0 unspecified atom stereocenters. The van der Waals surface area contributed by atoms with Crippen molar-refractivity contribution in [1.29, 1.82) is 0 Å². The van der Waals surface area contributed by atoms with Crippen molar-refractivity contribution in [1.82, 2.24) is 9.97 Å². The van der Waals surface area contributed by atoms with Gasteiger partial charge in [-0.25, -0.2) is 9.37 Å². The van der Waals surface area contributed by atoms with Crippen LogP contribution in [0.1, 0.15) is 0 Å². The molecule has 3 heteroatoms. The molecule has 0 amide bonds. The summed E-state index contributed by atoms with van der Waals surface area (Å²) in [5.74, 6) is -0.256. The molecule has 0 aliphatic rings. The van der Waals surface area contributed by atoms with Gasteiger partial charge in [-0.15, -0.1) is 0 Å². The van der Waals surface area contributed by atoms with Gasteiger partial charge < -0.3 is 0 Å². The Morgan fingerprint density at radius 1 is 0.426 bits per heavy atom. The van der Waals surface area contributed by atoms with Gasteiger partial charge in [-0.1, -0.05) is 121 Å². The highest BCUT2D eigenvalue weighted by Gasteiger charge is 2.14. The van der Waals surface area contributed by atoms with E-state index in [0.29, 0.717) is 0 Å². The summed E-state index contributed by atoms with van der Waals surface area (Å²) in [6, 6.07) is 53.7. The molecule has 0 aliphatic carbocycles. The maximum Gasteiger partial charge on any atom is 0.123 e. The number of aromatic nitrogens is 2. The predicted molar refractivity (Wildman–Crippen MR) is 194 cm³/mol. The lowest BCUT2D eigenvalue weighted by molar-refractivity contribution is 0.628. The fraction of sp³-hybridized carbons (Fsp3) is 0. The molecular formula is C44H27FN2. The van der Waals surface area contributed by atoms with Crippen molar-refractivity contribution in [2.45, 2.75) is 0 Å². The Morgan fingerprint density at radius 2 is 1.04 bits per heavy atom. The van der Waals surface area contributed by atoms with Crippen molar-refractivity contribution in [3.05, 3.63) is 170 Å². The van der Waals surface area contributed by atoms with E-state index in [2.05, 4.69) is 132 Å². The van der Waals surface area contributed by atoms with E-state index in [1.807, 2.05) is 24.4 Å². The molecule has 0 aliphatic heterocycles. The molecule has 0 spiro atoms. The number of hydrogen-bond acceptors (Lipinski definition) is 2. The number of para-hydroxylation sites is 1. The van der Waals surface area contributed by atoms with E-state index in [4.69, 9.17) is 4.98 Å². The standard InChI is InChI=1S/C44H27FN2/c45-36-22-18-34(19-23-36)44-40-25-20-31-5-1-2-8-37(31)42(40)39-24-21-35(27-41(39)47-44)30-12-10-28(11-13-30)29-14-16-32(17-15-29)38-9-3-6-33-7-4-26-46-43(33)38/h1-27H. The molecule has 47 heavy (non-hydrogen) atoms. The molecule has 2 heterocycles. The summed E-state index contributed by atoms with van der Waals surface area (Å²) in [6.45, 7) is 0. The van der Waals surface area contributed by atoms with Crippen molar-refractivity contribution in [3.8, 4) is 44.6 Å². The molecule has 0 N–H and O–H groups in total. The first-order chi connectivity index (χ1) is 23.2. The summed E-state index contributed by atoms with van der Waals surface area (Å²) in [6.07, 6.45) is 1.85. The van der Waals surface area contributed by atoms with Crippen LogP contribution in [0, 0.1) is 5.82 Å². The largest absolute Gasteiger partial charge is 0.256 e. The van der Waals surface area contributed by atoms with Gasteiger partial charge in [-0.05, 0) is 75.0 Å². The summed E-state index contributed by atoms with van der Waals surface area (Å²) < 4.78 is 13.9. The quantitative estimate of drug-likeness (QED) is 0.187. The molecule has 2 nitrogen and oxygen atoms in total. The molecule has 9 aromatic rings. The molecule has 0 saturated heterocycles. The Hall–Kier alpha value is -6.19. The Labute approximate surface area is 271 Å². The highest BCUT2D eigenvalue weighted by atomic mass is 19.1.